The number of hydrazine groups is 1. The minimum absolute atomic E-state index is 0.223. The Morgan fingerprint density at radius 1 is 1.43 bits per heavy atom. The summed E-state index contributed by atoms with van der Waals surface area (Å²) >= 11 is 5.57. The molecule has 74 valence electrons. The van der Waals surface area contributed by atoms with Crippen LogP contribution in [0.2, 0.25) is 5.15 Å². The number of nitrogens with zero attached hydrogens (tertiary/aromatic N) is 1. The van der Waals surface area contributed by atoms with Crippen molar-refractivity contribution in [3.8, 4) is 0 Å². The molecule has 2 amide bonds. The molecular formula is C8H8ClN3O2. The Labute approximate surface area is 85.4 Å². The molecule has 6 heteroatoms. The zero-order valence-corrected chi connectivity index (χ0v) is 8.13. The highest BCUT2D eigenvalue weighted by Gasteiger charge is 2.05. The molecule has 0 aliphatic carbocycles. The number of hydrogen-bond donors (Lipinski definition) is 2. The van der Waals surface area contributed by atoms with E-state index in [-0.39, 0.29) is 11.1 Å². The van der Waals surface area contributed by atoms with Crippen LogP contribution in [0.3, 0.4) is 0 Å². The molecule has 0 aliphatic rings. The molecular weight excluding hydrogens is 206 g/mol. The maximum atomic E-state index is 11.3. The Kier molecular flexibility index (Phi) is 3.41. The van der Waals surface area contributed by atoms with Crippen molar-refractivity contribution in [1.82, 2.24) is 15.8 Å². The molecule has 1 rings (SSSR count). The number of rotatable bonds is 1. The molecule has 5 nitrogen and oxygen atoms in total. The van der Waals surface area contributed by atoms with E-state index in [1.54, 1.807) is 0 Å². The van der Waals surface area contributed by atoms with Gasteiger partial charge in [-0.15, -0.1) is 0 Å². The summed E-state index contributed by atoms with van der Waals surface area (Å²) in [6.07, 6.45) is 1.41. The first kappa shape index (κ1) is 10.5. The predicted molar refractivity (Wildman–Crippen MR) is 50.5 cm³/mol. The lowest BCUT2D eigenvalue weighted by Crippen LogP contribution is -2.40. The van der Waals surface area contributed by atoms with Crippen molar-refractivity contribution in [3.05, 3.63) is 29.0 Å². The lowest BCUT2D eigenvalue weighted by molar-refractivity contribution is -0.119. The van der Waals surface area contributed by atoms with Crippen LogP contribution in [0.4, 0.5) is 0 Å². The first-order valence-corrected chi connectivity index (χ1v) is 4.16. The van der Waals surface area contributed by atoms with E-state index >= 15 is 0 Å². The van der Waals surface area contributed by atoms with E-state index in [0.717, 1.165) is 0 Å². The number of aromatic nitrogens is 1. The van der Waals surface area contributed by atoms with Crippen molar-refractivity contribution < 1.29 is 9.59 Å². The lowest BCUT2D eigenvalue weighted by atomic mass is 10.2. The van der Waals surface area contributed by atoms with Crippen LogP contribution in [0.5, 0.6) is 0 Å². The topological polar surface area (TPSA) is 71.1 Å². The fourth-order valence-electron chi connectivity index (χ4n) is 0.761. The quantitative estimate of drug-likeness (QED) is 0.528. The van der Waals surface area contributed by atoms with Gasteiger partial charge in [0.2, 0.25) is 5.91 Å². The fraction of sp³-hybridized carbons (Fsp3) is 0.125. The molecule has 0 atom stereocenters. The van der Waals surface area contributed by atoms with E-state index in [2.05, 4.69) is 15.8 Å². The van der Waals surface area contributed by atoms with E-state index in [1.165, 1.54) is 25.3 Å². The number of nitrogens with one attached hydrogen (secondary N) is 2. The molecule has 1 aromatic rings. The van der Waals surface area contributed by atoms with Crippen LogP contribution in [-0.2, 0) is 4.79 Å². The Morgan fingerprint density at radius 3 is 2.71 bits per heavy atom. The molecule has 0 radical (unpaired) electrons. The van der Waals surface area contributed by atoms with Crippen LogP contribution in [-0.4, -0.2) is 16.8 Å². The maximum absolute atomic E-state index is 11.3. The van der Waals surface area contributed by atoms with Gasteiger partial charge in [0.1, 0.15) is 5.15 Å². The van der Waals surface area contributed by atoms with Crippen molar-refractivity contribution in [2.45, 2.75) is 6.92 Å². The standard InChI is InChI=1S/C8H8ClN3O2/c1-5(13)11-12-8(14)6-2-3-10-7(9)4-6/h2-4H,1H3,(H,11,13)(H,12,14). The van der Waals surface area contributed by atoms with Crippen molar-refractivity contribution >= 4 is 23.4 Å². The maximum Gasteiger partial charge on any atom is 0.269 e. The molecule has 0 aliphatic heterocycles. The second-order valence-electron chi connectivity index (χ2n) is 2.50. The molecule has 1 heterocycles. The molecule has 0 unspecified atom stereocenters. The van der Waals surface area contributed by atoms with Crippen LogP contribution >= 0.6 is 11.6 Å². The summed E-state index contributed by atoms with van der Waals surface area (Å²) < 4.78 is 0. The lowest BCUT2D eigenvalue weighted by Gasteiger charge is -2.04. The molecule has 0 fully saturated rings. The van der Waals surface area contributed by atoms with Crippen molar-refractivity contribution in [1.29, 1.82) is 0 Å². The highest BCUT2D eigenvalue weighted by Crippen LogP contribution is 2.06. The van der Waals surface area contributed by atoms with Crippen molar-refractivity contribution in [2.75, 3.05) is 0 Å². The first-order valence-electron chi connectivity index (χ1n) is 3.78. The van der Waals surface area contributed by atoms with Gasteiger partial charge in [-0.2, -0.15) is 0 Å². The number of carbonyl (C=O) groups excluding carboxylic acids is 2. The summed E-state index contributed by atoms with van der Waals surface area (Å²) in [4.78, 5) is 25.5. The first-order chi connectivity index (χ1) is 6.59. The minimum Gasteiger partial charge on any atom is -0.274 e. The summed E-state index contributed by atoms with van der Waals surface area (Å²) in [5.74, 6) is -0.789. The fourth-order valence-corrected chi connectivity index (χ4v) is 0.935. The molecule has 0 spiro atoms. The summed E-state index contributed by atoms with van der Waals surface area (Å²) in [6.45, 7) is 1.29. The zero-order valence-electron chi connectivity index (χ0n) is 7.37. The van der Waals surface area contributed by atoms with Crippen LogP contribution in [0.25, 0.3) is 0 Å². The smallest absolute Gasteiger partial charge is 0.269 e. The summed E-state index contributed by atoms with van der Waals surface area (Å²) in [6, 6.07) is 2.89. The molecule has 0 aromatic carbocycles. The highest BCUT2D eigenvalue weighted by atomic mass is 35.5. The molecule has 1 aromatic heterocycles. The van der Waals surface area contributed by atoms with Crippen molar-refractivity contribution in [2.24, 2.45) is 0 Å². The minimum atomic E-state index is -0.440. The van der Waals surface area contributed by atoms with Gasteiger partial charge in [0.05, 0.1) is 0 Å². The van der Waals surface area contributed by atoms with Crippen molar-refractivity contribution in [3.63, 3.8) is 0 Å². The molecule has 0 saturated heterocycles. The normalized spacial score (nSPS) is 9.29. The number of hydrogen-bond acceptors (Lipinski definition) is 3. The van der Waals surface area contributed by atoms with Gasteiger partial charge >= 0.3 is 0 Å². The monoisotopic (exact) mass is 213 g/mol. The summed E-state index contributed by atoms with van der Waals surface area (Å²) in [5, 5.41) is 0.223. The van der Waals surface area contributed by atoms with Crippen LogP contribution in [0, 0.1) is 0 Å². The van der Waals surface area contributed by atoms with Gasteiger partial charge in [0.15, 0.2) is 0 Å². The van der Waals surface area contributed by atoms with Crippen LogP contribution in [0.15, 0.2) is 18.3 Å². The largest absolute Gasteiger partial charge is 0.274 e. The third kappa shape index (κ3) is 3.02. The number of pyridine rings is 1. The third-order valence-electron chi connectivity index (χ3n) is 1.34. The van der Waals surface area contributed by atoms with Crippen LogP contribution < -0.4 is 10.9 Å². The third-order valence-corrected chi connectivity index (χ3v) is 1.55. The van der Waals surface area contributed by atoms with Gasteiger partial charge in [0, 0.05) is 18.7 Å². The second-order valence-corrected chi connectivity index (χ2v) is 2.89. The zero-order chi connectivity index (χ0) is 10.6. The van der Waals surface area contributed by atoms with E-state index in [9.17, 15) is 9.59 Å². The molecule has 14 heavy (non-hydrogen) atoms. The average molecular weight is 214 g/mol. The summed E-state index contributed by atoms with van der Waals surface area (Å²) in [5.41, 5.74) is 4.69. The van der Waals surface area contributed by atoms with E-state index in [0.29, 0.717) is 5.56 Å². The second kappa shape index (κ2) is 4.57. The Bertz CT molecular complexity index is 367. The van der Waals surface area contributed by atoms with Gasteiger partial charge in [-0.3, -0.25) is 20.4 Å². The number of amides is 2. The molecule has 2 N–H and O–H groups in total. The SMILES string of the molecule is CC(=O)NNC(=O)c1ccnc(Cl)c1. The highest BCUT2D eigenvalue weighted by molar-refractivity contribution is 6.29. The van der Waals surface area contributed by atoms with Gasteiger partial charge in [-0.05, 0) is 12.1 Å². The van der Waals surface area contributed by atoms with E-state index in [1.807, 2.05) is 0 Å². The van der Waals surface area contributed by atoms with E-state index < -0.39 is 5.91 Å². The van der Waals surface area contributed by atoms with Gasteiger partial charge in [-0.1, -0.05) is 11.6 Å². The Hall–Kier alpha value is -1.62. The average Bonchev–Trinajstić information content (AvgIpc) is 2.14. The van der Waals surface area contributed by atoms with Gasteiger partial charge < -0.3 is 0 Å². The predicted octanol–water partition coefficient (Wildman–Crippen LogP) is 0.516. The Balaban J connectivity index is 2.65. The Morgan fingerprint density at radius 2 is 2.14 bits per heavy atom. The van der Waals surface area contributed by atoms with Gasteiger partial charge in [-0.25, -0.2) is 4.98 Å². The van der Waals surface area contributed by atoms with Crippen LogP contribution in [0.1, 0.15) is 17.3 Å². The number of carbonyl (C=O) groups is 2. The summed E-state index contributed by atoms with van der Waals surface area (Å²) in [7, 11) is 0. The van der Waals surface area contributed by atoms with Gasteiger partial charge in [0.25, 0.3) is 5.91 Å². The molecule has 0 bridgehead atoms. The number of halogens is 1. The molecule has 0 saturated carbocycles. The van der Waals surface area contributed by atoms with E-state index in [4.69, 9.17) is 11.6 Å².